The van der Waals surface area contributed by atoms with Gasteiger partial charge in [-0.2, -0.15) is 0 Å². The minimum absolute atomic E-state index is 0.0950. The van der Waals surface area contributed by atoms with E-state index in [1.54, 1.807) is 0 Å². The monoisotopic (exact) mass is 324 g/mol. The molecule has 1 aliphatic rings. The normalized spacial score (nSPS) is 23.5. The lowest BCUT2D eigenvalue weighted by atomic mass is 9.90. The van der Waals surface area contributed by atoms with Gasteiger partial charge < -0.3 is 10.6 Å². The van der Waals surface area contributed by atoms with Crippen LogP contribution in [0.2, 0.25) is 0 Å². The van der Waals surface area contributed by atoms with Crippen molar-refractivity contribution in [1.29, 1.82) is 0 Å². The molecule has 1 amide bonds. The Labute approximate surface area is 123 Å². The molecule has 3 nitrogen and oxygen atoms in total. The number of hydrogen-bond donors (Lipinski definition) is 1. The average molecular weight is 325 g/mol. The number of halogens is 1. The molecular weight excluding hydrogens is 304 g/mol. The van der Waals surface area contributed by atoms with Crippen molar-refractivity contribution in [3.63, 3.8) is 0 Å². The predicted molar refractivity (Wildman–Crippen MR) is 81.2 cm³/mol. The van der Waals surface area contributed by atoms with Gasteiger partial charge in [0.15, 0.2) is 0 Å². The number of nitrogens with two attached hydrogens (primary N) is 1. The third-order valence-electron chi connectivity index (χ3n) is 3.97. The number of aryl methyl sites for hydroxylation is 1. The van der Waals surface area contributed by atoms with E-state index in [2.05, 4.69) is 22.9 Å². The molecule has 1 aromatic rings. The minimum Gasteiger partial charge on any atom is -0.334 e. The number of nitrogens with zero attached hydrogens (tertiary/aromatic N) is 1. The number of hydrogen-bond acceptors (Lipinski definition) is 2. The lowest BCUT2D eigenvalue weighted by Gasteiger charge is -2.39. The summed E-state index contributed by atoms with van der Waals surface area (Å²) in [6, 6.07) is 6.04. The molecule has 2 N–H and O–H groups in total. The SMILES string of the molecule is Cc1ccc(Br)c(C(=O)N2CCCC(C)C2CN)c1. The fourth-order valence-electron chi connectivity index (χ4n) is 2.82. The Morgan fingerprint density at radius 3 is 2.95 bits per heavy atom. The average Bonchev–Trinajstić information content (AvgIpc) is 2.40. The summed E-state index contributed by atoms with van der Waals surface area (Å²) in [5.41, 5.74) is 7.70. The Morgan fingerprint density at radius 1 is 1.53 bits per heavy atom. The van der Waals surface area contributed by atoms with Crippen molar-refractivity contribution in [2.75, 3.05) is 13.1 Å². The minimum atomic E-state index is 0.0950. The van der Waals surface area contributed by atoms with E-state index in [1.165, 1.54) is 0 Å². The first kappa shape index (κ1) is 14.5. The second-order valence-electron chi connectivity index (χ2n) is 5.40. The molecule has 2 unspecified atom stereocenters. The largest absolute Gasteiger partial charge is 0.334 e. The predicted octanol–water partition coefficient (Wildman–Crippen LogP) is 2.96. The van der Waals surface area contributed by atoms with Crippen LogP contribution in [0.25, 0.3) is 0 Å². The van der Waals surface area contributed by atoms with E-state index in [1.807, 2.05) is 30.0 Å². The maximum absolute atomic E-state index is 12.7. The summed E-state index contributed by atoms with van der Waals surface area (Å²) in [4.78, 5) is 14.7. The molecule has 1 fully saturated rings. The van der Waals surface area contributed by atoms with Gasteiger partial charge in [-0.15, -0.1) is 0 Å². The van der Waals surface area contributed by atoms with E-state index in [9.17, 15) is 4.79 Å². The van der Waals surface area contributed by atoms with Gasteiger partial charge in [0.05, 0.1) is 5.56 Å². The summed E-state index contributed by atoms with van der Waals surface area (Å²) < 4.78 is 0.858. The second kappa shape index (κ2) is 6.06. The van der Waals surface area contributed by atoms with E-state index in [0.717, 1.165) is 35.0 Å². The summed E-state index contributed by atoms with van der Waals surface area (Å²) in [5.74, 6) is 0.573. The summed E-state index contributed by atoms with van der Waals surface area (Å²) in [7, 11) is 0. The van der Waals surface area contributed by atoms with Crippen molar-refractivity contribution in [2.45, 2.75) is 32.7 Å². The number of piperidine rings is 1. The van der Waals surface area contributed by atoms with Gasteiger partial charge >= 0.3 is 0 Å². The third-order valence-corrected chi connectivity index (χ3v) is 4.66. The van der Waals surface area contributed by atoms with Gasteiger partial charge in [0.1, 0.15) is 0 Å². The van der Waals surface area contributed by atoms with Crippen molar-refractivity contribution < 1.29 is 4.79 Å². The van der Waals surface area contributed by atoms with Crippen LogP contribution in [-0.4, -0.2) is 29.9 Å². The van der Waals surface area contributed by atoms with Crippen LogP contribution in [0.1, 0.15) is 35.7 Å². The van der Waals surface area contributed by atoms with Crippen molar-refractivity contribution in [3.8, 4) is 0 Å². The molecule has 0 spiro atoms. The molecule has 2 rings (SSSR count). The van der Waals surface area contributed by atoms with Gasteiger partial charge in [-0.1, -0.05) is 18.6 Å². The van der Waals surface area contributed by atoms with Crippen molar-refractivity contribution in [3.05, 3.63) is 33.8 Å². The summed E-state index contributed by atoms with van der Waals surface area (Å²) in [6.45, 7) is 5.53. The van der Waals surface area contributed by atoms with Crippen LogP contribution in [0.3, 0.4) is 0 Å². The molecule has 1 saturated heterocycles. The maximum atomic E-state index is 12.7. The number of carbonyl (C=O) groups is 1. The van der Waals surface area contributed by atoms with Crippen LogP contribution in [0.15, 0.2) is 22.7 Å². The molecule has 0 saturated carbocycles. The summed E-state index contributed by atoms with van der Waals surface area (Å²) in [6.07, 6.45) is 2.22. The molecule has 1 heterocycles. The zero-order valence-electron chi connectivity index (χ0n) is 11.5. The molecule has 19 heavy (non-hydrogen) atoms. The fraction of sp³-hybridized carbons (Fsp3) is 0.533. The number of rotatable bonds is 2. The highest BCUT2D eigenvalue weighted by Crippen LogP contribution is 2.27. The fourth-order valence-corrected chi connectivity index (χ4v) is 3.23. The Morgan fingerprint density at radius 2 is 2.26 bits per heavy atom. The Hall–Kier alpha value is -0.870. The highest BCUT2D eigenvalue weighted by atomic mass is 79.9. The summed E-state index contributed by atoms with van der Waals surface area (Å²) in [5, 5.41) is 0. The maximum Gasteiger partial charge on any atom is 0.255 e. The van der Waals surface area contributed by atoms with Crippen LogP contribution in [0.5, 0.6) is 0 Å². The van der Waals surface area contributed by atoms with Gasteiger partial charge in [0.25, 0.3) is 5.91 Å². The zero-order chi connectivity index (χ0) is 14.0. The Bertz CT molecular complexity index is 475. The van der Waals surface area contributed by atoms with Crippen LogP contribution in [-0.2, 0) is 0 Å². The van der Waals surface area contributed by atoms with Crippen LogP contribution >= 0.6 is 15.9 Å². The molecule has 1 aromatic carbocycles. The second-order valence-corrected chi connectivity index (χ2v) is 6.26. The first-order valence-electron chi connectivity index (χ1n) is 6.81. The van der Waals surface area contributed by atoms with E-state index in [4.69, 9.17) is 5.73 Å². The Balaban J connectivity index is 2.29. The number of benzene rings is 1. The van der Waals surface area contributed by atoms with Gasteiger partial charge in [-0.3, -0.25) is 4.79 Å². The molecule has 0 bridgehead atoms. The van der Waals surface area contributed by atoms with Gasteiger partial charge in [-0.25, -0.2) is 0 Å². The van der Waals surface area contributed by atoms with Crippen molar-refractivity contribution in [1.82, 2.24) is 4.90 Å². The van der Waals surface area contributed by atoms with Crippen LogP contribution in [0, 0.1) is 12.8 Å². The first-order chi connectivity index (χ1) is 9.04. The van der Waals surface area contributed by atoms with Crippen molar-refractivity contribution in [2.24, 2.45) is 11.7 Å². The molecule has 0 aliphatic carbocycles. The molecule has 104 valence electrons. The standard InChI is InChI=1S/C15H21BrN2O/c1-10-5-6-13(16)12(8-10)15(19)18-7-3-4-11(2)14(18)9-17/h5-6,8,11,14H,3-4,7,9,17H2,1-2H3. The van der Waals surface area contributed by atoms with Gasteiger partial charge in [0, 0.05) is 23.6 Å². The Kier molecular flexibility index (Phi) is 4.63. The van der Waals surface area contributed by atoms with Gasteiger partial charge in [0.2, 0.25) is 0 Å². The molecule has 4 heteroatoms. The molecule has 0 radical (unpaired) electrons. The quantitative estimate of drug-likeness (QED) is 0.909. The van der Waals surface area contributed by atoms with Gasteiger partial charge in [-0.05, 0) is 53.7 Å². The van der Waals surface area contributed by atoms with E-state index in [0.29, 0.717) is 12.5 Å². The van der Waals surface area contributed by atoms with Crippen LogP contribution in [0.4, 0.5) is 0 Å². The molecular formula is C15H21BrN2O. The van der Waals surface area contributed by atoms with E-state index in [-0.39, 0.29) is 11.9 Å². The number of carbonyl (C=O) groups excluding carboxylic acids is 1. The highest BCUT2D eigenvalue weighted by Gasteiger charge is 2.31. The van der Waals surface area contributed by atoms with Crippen molar-refractivity contribution >= 4 is 21.8 Å². The highest BCUT2D eigenvalue weighted by molar-refractivity contribution is 9.10. The molecule has 2 atom stereocenters. The topological polar surface area (TPSA) is 46.3 Å². The van der Waals surface area contributed by atoms with Crippen LogP contribution < -0.4 is 5.73 Å². The third kappa shape index (κ3) is 3.00. The lowest BCUT2D eigenvalue weighted by molar-refractivity contribution is 0.0531. The first-order valence-corrected chi connectivity index (χ1v) is 7.61. The van der Waals surface area contributed by atoms with E-state index >= 15 is 0 Å². The smallest absolute Gasteiger partial charge is 0.255 e. The lowest BCUT2D eigenvalue weighted by Crippen LogP contribution is -2.51. The van der Waals surface area contributed by atoms with E-state index < -0.39 is 0 Å². The number of amides is 1. The summed E-state index contributed by atoms with van der Waals surface area (Å²) >= 11 is 3.48. The molecule has 1 aliphatic heterocycles. The zero-order valence-corrected chi connectivity index (χ0v) is 13.1. The number of likely N-dealkylation sites (tertiary alicyclic amines) is 1. The molecule has 0 aromatic heterocycles.